The van der Waals surface area contributed by atoms with Gasteiger partial charge in [-0.15, -0.1) is 0 Å². The van der Waals surface area contributed by atoms with Crippen molar-refractivity contribution in [2.24, 2.45) is 0 Å². The van der Waals surface area contributed by atoms with E-state index in [9.17, 15) is 13.2 Å². The van der Waals surface area contributed by atoms with Gasteiger partial charge in [0.15, 0.2) is 11.3 Å². The molecule has 5 nitrogen and oxygen atoms in total. The highest BCUT2D eigenvalue weighted by molar-refractivity contribution is 6.36. The molecule has 0 aliphatic rings. The van der Waals surface area contributed by atoms with Crippen LogP contribution >= 0.6 is 11.6 Å². The van der Waals surface area contributed by atoms with Crippen molar-refractivity contribution in [3.8, 4) is 5.75 Å². The number of halogens is 4. The highest BCUT2D eigenvalue weighted by Crippen LogP contribution is 2.38. The first-order valence-electron chi connectivity index (χ1n) is 10.6. The highest BCUT2D eigenvalue weighted by Gasteiger charge is 2.37. The van der Waals surface area contributed by atoms with Crippen LogP contribution in [-0.4, -0.2) is 16.3 Å². The molecule has 0 aliphatic carbocycles. The molecule has 2 aromatic carbocycles. The van der Waals surface area contributed by atoms with Crippen LogP contribution in [0.3, 0.4) is 0 Å². The van der Waals surface area contributed by atoms with Crippen LogP contribution in [0.4, 0.5) is 13.2 Å². The molecule has 0 fully saturated rings. The van der Waals surface area contributed by atoms with Gasteiger partial charge in [-0.1, -0.05) is 30.1 Å². The van der Waals surface area contributed by atoms with Gasteiger partial charge in [-0.3, -0.25) is 0 Å². The van der Waals surface area contributed by atoms with Crippen LogP contribution in [0.15, 0.2) is 41.1 Å². The van der Waals surface area contributed by atoms with E-state index in [-0.39, 0.29) is 17.5 Å². The number of ether oxygens (including phenoxy) is 1. The van der Waals surface area contributed by atoms with E-state index in [1.54, 1.807) is 6.07 Å². The molecule has 172 valence electrons. The molecule has 0 amide bonds. The third-order valence-electron chi connectivity index (χ3n) is 5.49. The second-order valence-corrected chi connectivity index (χ2v) is 8.07. The molecule has 0 saturated carbocycles. The van der Waals surface area contributed by atoms with Crippen molar-refractivity contribution in [1.82, 2.24) is 9.72 Å². The normalized spacial score (nSPS) is 11.9. The summed E-state index contributed by atoms with van der Waals surface area (Å²) in [5.74, 6) is 0.512. The summed E-state index contributed by atoms with van der Waals surface area (Å²) in [7, 11) is 0. The van der Waals surface area contributed by atoms with Crippen LogP contribution < -0.4 is 4.74 Å². The number of hydrogen-bond donors (Lipinski definition) is 0. The monoisotopic (exact) mass is 475 g/mol. The number of alkyl halides is 3. The molecule has 9 heteroatoms. The van der Waals surface area contributed by atoms with Crippen molar-refractivity contribution in [3.63, 3.8) is 0 Å². The minimum Gasteiger partial charge on any atom is -0.493 e. The van der Waals surface area contributed by atoms with Gasteiger partial charge in [0, 0.05) is 34.8 Å². The van der Waals surface area contributed by atoms with Crippen LogP contribution in [-0.2, 0) is 25.7 Å². The van der Waals surface area contributed by atoms with Crippen LogP contribution in [0.2, 0.25) is 5.02 Å². The molecule has 0 atom stereocenters. The Hall–Kier alpha value is -3.18. The number of rotatable bonds is 8. The first-order chi connectivity index (χ1) is 15.8. The highest BCUT2D eigenvalue weighted by atomic mass is 35.5. The van der Waals surface area contributed by atoms with Crippen molar-refractivity contribution in [2.75, 3.05) is 6.61 Å². The lowest BCUT2D eigenvalue weighted by molar-refractivity contribution is -0.141. The molecular weight excluding hydrogens is 455 g/mol. The van der Waals surface area contributed by atoms with Gasteiger partial charge >= 0.3 is 6.18 Å². The Labute approximate surface area is 193 Å². The zero-order chi connectivity index (χ0) is 23.6. The maximum atomic E-state index is 13.2. The lowest BCUT2D eigenvalue weighted by Gasteiger charge is -2.12. The molecule has 0 unspecified atom stereocenters. The van der Waals surface area contributed by atoms with Gasteiger partial charge < -0.3 is 18.7 Å². The van der Waals surface area contributed by atoms with Crippen LogP contribution in [0.1, 0.15) is 36.6 Å². The molecule has 2 aromatic heterocycles. The Morgan fingerprint density at radius 3 is 2.73 bits per heavy atom. The Bertz CT molecular complexity index is 1330. The molecular formula is C24H21ClF3N3O2. The minimum absolute atomic E-state index is 0.0495. The molecule has 0 aliphatic heterocycles. The molecule has 0 saturated heterocycles. The van der Waals surface area contributed by atoms with Gasteiger partial charge in [0.1, 0.15) is 5.75 Å². The lowest BCUT2D eigenvalue weighted by Crippen LogP contribution is -2.06. The van der Waals surface area contributed by atoms with Gasteiger partial charge in [0.2, 0.25) is 6.54 Å². The van der Waals surface area contributed by atoms with Gasteiger partial charge in [-0.2, -0.15) is 13.2 Å². The zero-order valence-electron chi connectivity index (χ0n) is 17.9. The number of nitrogens with zero attached hydrogens (tertiary/aromatic N) is 3. The number of hydrogen-bond acceptors (Lipinski definition) is 3. The smallest absolute Gasteiger partial charge is 0.437 e. The summed E-state index contributed by atoms with van der Waals surface area (Å²) in [6.45, 7) is 10.3. The Morgan fingerprint density at radius 1 is 1.18 bits per heavy atom. The lowest BCUT2D eigenvalue weighted by atomic mass is 10.0. The third kappa shape index (κ3) is 4.51. The van der Waals surface area contributed by atoms with Crippen molar-refractivity contribution in [3.05, 3.63) is 69.8 Å². The maximum absolute atomic E-state index is 13.2. The van der Waals surface area contributed by atoms with Crippen LogP contribution in [0.5, 0.6) is 5.75 Å². The number of fused-ring (bicyclic) bond motifs is 2. The molecule has 4 rings (SSSR count). The van der Waals surface area contributed by atoms with E-state index in [1.165, 1.54) is 6.07 Å². The zero-order valence-corrected chi connectivity index (χ0v) is 18.6. The Morgan fingerprint density at radius 2 is 2.00 bits per heavy atom. The second kappa shape index (κ2) is 9.36. The predicted octanol–water partition coefficient (Wildman–Crippen LogP) is 7.30. The predicted molar refractivity (Wildman–Crippen MR) is 120 cm³/mol. The maximum Gasteiger partial charge on any atom is 0.437 e. The topological polar surface area (TPSA) is 44.5 Å². The van der Waals surface area contributed by atoms with Crippen molar-refractivity contribution >= 4 is 33.5 Å². The minimum atomic E-state index is -4.57. The van der Waals surface area contributed by atoms with Crippen molar-refractivity contribution in [1.29, 1.82) is 0 Å². The molecule has 33 heavy (non-hydrogen) atoms. The van der Waals surface area contributed by atoms with E-state index in [1.807, 2.05) is 31.3 Å². The van der Waals surface area contributed by atoms with Crippen molar-refractivity contribution in [2.45, 2.75) is 45.5 Å². The number of aryl methyl sites for hydroxylation is 2. The van der Waals surface area contributed by atoms with E-state index in [2.05, 4.69) is 14.6 Å². The number of benzene rings is 2. The Balaban J connectivity index is 1.48. The summed E-state index contributed by atoms with van der Waals surface area (Å²) >= 11 is 6.43. The average molecular weight is 476 g/mol. The van der Waals surface area contributed by atoms with Crippen LogP contribution in [0, 0.1) is 6.57 Å². The second-order valence-electron chi connectivity index (χ2n) is 7.70. The fourth-order valence-electron chi connectivity index (χ4n) is 3.97. The summed E-state index contributed by atoms with van der Waals surface area (Å²) in [6.07, 6.45) is -0.703. The quantitative estimate of drug-likeness (QED) is 0.198. The van der Waals surface area contributed by atoms with Gasteiger partial charge in [0.05, 0.1) is 17.0 Å². The summed E-state index contributed by atoms with van der Waals surface area (Å²) < 4.78 is 52.6. The van der Waals surface area contributed by atoms with E-state index < -0.39 is 11.9 Å². The first kappa shape index (κ1) is 23.0. The molecule has 2 heterocycles. The summed E-state index contributed by atoms with van der Waals surface area (Å²) in [5, 5.41) is 4.70. The molecule has 0 bridgehead atoms. The van der Waals surface area contributed by atoms with Gasteiger partial charge in [-0.25, -0.2) is 6.57 Å². The summed E-state index contributed by atoms with van der Waals surface area (Å²) in [5.41, 5.74) is 1.49. The molecule has 0 N–H and O–H groups in total. The van der Waals surface area contributed by atoms with E-state index in [0.717, 1.165) is 22.9 Å². The fraction of sp³-hybridized carbons (Fsp3) is 0.333. The van der Waals surface area contributed by atoms with Crippen molar-refractivity contribution < 1.29 is 22.4 Å². The first-order valence-corrected chi connectivity index (χ1v) is 10.9. The third-order valence-corrected chi connectivity index (χ3v) is 5.93. The fourth-order valence-corrected chi connectivity index (χ4v) is 4.25. The Kier molecular flexibility index (Phi) is 6.52. The average Bonchev–Trinajstić information content (AvgIpc) is 3.39. The van der Waals surface area contributed by atoms with E-state index in [0.29, 0.717) is 42.3 Å². The van der Waals surface area contributed by atoms with Gasteiger partial charge in [-0.05, 0) is 43.2 Å². The number of aromatic nitrogens is 2. The molecule has 0 radical (unpaired) electrons. The van der Waals surface area contributed by atoms with Gasteiger partial charge in [0.25, 0.3) is 0 Å². The van der Waals surface area contributed by atoms with E-state index in [4.69, 9.17) is 27.4 Å². The summed E-state index contributed by atoms with van der Waals surface area (Å²) in [6, 6.07) is 8.67. The molecule has 4 aromatic rings. The van der Waals surface area contributed by atoms with Crippen LogP contribution in [0.25, 0.3) is 26.7 Å². The SMILES string of the molecule is [C-]#[N+]Cc1ccc2c(ccn2CCCOc2ccc3c(C(F)(F)F)noc3c2CCC)c1Cl. The largest absolute Gasteiger partial charge is 0.493 e. The summed E-state index contributed by atoms with van der Waals surface area (Å²) in [4.78, 5) is 3.40. The standard InChI is InChI=1S/C24H21ClF3N3O2/c1-3-5-17-20(9-7-18-22(17)33-30-23(18)24(26,27)28)32-13-4-11-31-12-10-16-19(31)8-6-15(14-29-2)21(16)25/h6-10,12H,3-5,11,13-14H2,1H3. The molecule has 0 spiro atoms. The van der Waals surface area contributed by atoms with E-state index >= 15 is 0 Å².